The lowest BCUT2D eigenvalue weighted by Gasteiger charge is -2.18. The summed E-state index contributed by atoms with van der Waals surface area (Å²) in [5.41, 5.74) is 3.20. The van der Waals surface area contributed by atoms with Crippen LogP contribution in [-0.2, 0) is 0 Å². The lowest BCUT2D eigenvalue weighted by atomic mass is 10.1. The monoisotopic (exact) mass is 272 g/mol. The first kappa shape index (κ1) is 13.2. The molecule has 0 saturated carbocycles. The molecule has 20 heavy (non-hydrogen) atoms. The zero-order chi connectivity index (χ0) is 14.1. The zero-order valence-electron chi connectivity index (χ0n) is 12.0. The van der Waals surface area contributed by atoms with Gasteiger partial charge in [0.1, 0.15) is 5.58 Å². The quantitative estimate of drug-likeness (QED) is 0.867. The van der Waals surface area contributed by atoms with E-state index >= 15 is 0 Å². The Hall–Kier alpha value is -1.81. The summed E-state index contributed by atoms with van der Waals surface area (Å²) in [5, 5.41) is 4.30. The van der Waals surface area contributed by atoms with Gasteiger partial charge in [-0.05, 0) is 56.1 Å². The van der Waals surface area contributed by atoms with Crippen LogP contribution >= 0.6 is 0 Å². The van der Waals surface area contributed by atoms with Crippen LogP contribution in [0.5, 0.6) is 0 Å². The summed E-state index contributed by atoms with van der Waals surface area (Å²) in [6, 6.07) is 5.95. The number of amides is 1. The highest BCUT2D eigenvalue weighted by Gasteiger charge is 2.20. The molecule has 0 bridgehead atoms. The second-order valence-corrected chi connectivity index (χ2v) is 5.48. The highest BCUT2D eigenvalue weighted by atomic mass is 16.3. The highest BCUT2D eigenvalue weighted by molar-refractivity contribution is 5.96. The first-order chi connectivity index (χ1) is 9.65. The van der Waals surface area contributed by atoms with Crippen LogP contribution in [0.3, 0.4) is 0 Å². The minimum Gasteiger partial charge on any atom is -0.451 e. The summed E-state index contributed by atoms with van der Waals surface area (Å²) in [6.07, 6.45) is 0.990. The second-order valence-electron chi connectivity index (χ2n) is 5.48. The van der Waals surface area contributed by atoms with E-state index in [0.29, 0.717) is 5.76 Å². The van der Waals surface area contributed by atoms with E-state index in [2.05, 4.69) is 25.2 Å². The number of nitrogens with one attached hydrogen (secondary N) is 1. The van der Waals surface area contributed by atoms with Gasteiger partial charge in [-0.3, -0.25) is 4.79 Å². The van der Waals surface area contributed by atoms with Crippen LogP contribution in [0, 0.1) is 13.8 Å². The topological polar surface area (TPSA) is 45.5 Å². The summed E-state index contributed by atoms with van der Waals surface area (Å²) in [6.45, 7) is 7.49. The lowest BCUT2D eigenvalue weighted by Crippen LogP contribution is -2.33. The van der Waals surface area contributed by atoms with Crippen molar-refractivity contribution >= 4 is 16.9 Å². The molecule has 106 valence electrons. The molecule has 0 radical (unpaired) electrons. The molecule has 1 fully saturated rings. The molecule has 0 unspecified atom stereocenters. The third kappa shape index (κ3) is 2.43. The molecule has 4 nitrogen and oxygen atoms in total. The first-order valence-electron chi connectivity index (χ1n) is 7.16. The Morgan fingerprint density at radius 1 is 1.15 bits per heavy atom. The third-order valence-electron chi connectivity index (χ3n) is 3.97. The van der Waals surface area contributed by atoms with Crippen molar-refractivity contribution in [2.75, 3.05) is 26.2 Å². The number of carbonyl (C=O) groups excluding carboxylic acids is 1. The maximum absolute atomic E-state index is 12.5. The fourth-order valence-electron chi connectivity index (χ4n) is 2.61. The van der Waals surface area contributed by atoms with Gasteiger partial charge in [0.2, 0.25) is 0 Å². The van der Waals surface area contributed by atoms with Gasteiger partial charge < -0.3 is 14.6 Å². The van der Waals surface area contributed by atoms with E-state index in [0.717, 1.165) is 43.6 Å². The van der Waals surface area contributed by atoms with E-state index in [9.17, 15) is 4.79 Å². The molecule has 1 aromatic heterocycles. The number of aryl methyl sites for hydroxylation is 2. The molecular weight excluding hydrogens is 252 g/mol. The SMILES string of the molecule is Cc1cc2cc(C(=O)N3CCCNCC3)oc2cc1C. The van der Waals surface area contributed by atoms with Gasteiger partial charge in [0, 0.05) is 25.0 Å². The van der Waals surface area contributed by atoms with Crippen LogP contribution in [-0.4, -0.2) is 37.0 Å². The van der Waals surface area contributed by atoms with Gasteiger partial charge in [-0.15, -0.1) is 0 Å². The van der Waals surface area contributed by atoms with Gasteiger partial charge in [0.15, 0.2) is 5.76 Å². The van der Waals surface area contributed by atoms with Crippen LogP contribution < -0.4 is 5.32 Å². The summed E-state index contributed by atoms with van der Waals surface area (Å²) in [5.74, 6) is 0.451. The van der Waals surface area contributed by atoms with Crippen molar-refractivity contribution < 1.29 is 9.21 Å². The summed E-state index contributed by atoms with van der Waals surface area (Å²) in [4.78, 5) is 14.4. The molecule has 2 aromatic rings. The first-order valence-corrected chi connectivity index (χ1v) is 7.16. The van der Waals surface area contributed by atoms with Crippen molar-refractivity contribution in [3.63, 3.8) is 0 Å². The number of furan rings is 1. The fraction of sp³-hybridized carbons (Fsp3) is 0.438. The van der Waals surface area contributed by atoms with Crippen LogP contribution in [0.4, 0.5) is 0 Å². The summed E-state index contributed by atoms with van der Waals surface area (Å²) in [7, 11) is 0. The predicted octanol–water partition coefficient (Wildman–Crippen LogP) is 2.49. The van der Waals surface area contributed by atoms with E-state index in [-0.39, 0.29) is 5.91 Å². The van der Waals surface area contributed by atoms with Crippen molar-refractivity contribution in [1.29, 1.82) is 0 Å². The second kappa shape index (κ2) is 5.29. The Labute approximate surface area is 118 Å². The fourth-order valence-corrected chi connectivity index (χ4v) is 2.61. The van der Waals surface area contributed by atoms with Gasteiger partial charge in [-0.25, -0.2) is 0 Å². The van der Waals surface area contributed by atoms with E-state index in [1.165, 1.54) is 11.1 Å². The van der Waals surface area contributed by atoms with Crippen LogP contribution in [0.15, 0.2) is 22.6 Å². The summed E-state index contributed by atoms with van der Waals surface area (Å²) >= 11 is 0. The number of hydrogen-bond donors (Lipinski definition) is 1. The number of fused-ring (bicyclic) bond motifs is 1. The lowest BCUT2D eigenvalue weighted by molar-refractivity contribution is 0.0737. The van der Waals surface area contributed by atoms with Crippen molar-refractivity contribution in [3.8, 4) is 0 Å². The largest absolute Gasteiger partial charge is 0.451 e. The Balaban J connectivity index is 1.91. The molecule has 1 aliphatic heterocycles. The zero-order valence-corrected chi connectivity index (χ0v) is 12.0. The van der Waals surface area contributed by atoms with Gasteiger partial charge >= 0.3 is 0 Å². The highest BCUT2D eigenvalue weighted by Crippen LogP contribution is 2.24. The Bertz CT molecular complexity index is 598. The Morgan fingerprint density at radius 3 is 2.80 bits per heavy atom. The molecule has 3 rings (SSSR count). The third-order valence-corrected chi connectivity index (χ3v) is 3.97. The molecule has 1 N–H and O–H groups in total. The number of benzene rings is 1. The molecule has 1 saturated heterocycles. The predicted molar refractivity (Wildman–Crippen MR) is 79.1 cm³/mol. The molecular formula is C16H20N2O2. The number of rotatable bonds is 1. The number of carbonyl (C=O) groups is 1. The standard InChI is InChI=1S/C16H20N2O2/c1-11-8-13-10-15(20-14(13)9-12(11)2)16(19)18-6-3-4-17-5-7-18/h8-10,17H,3-7H2,1-2H3. The maximum atomic E-state index is 12.5. The normalized spacial score (nSPS) is 16.4. The van der Waals surface area contributed by atoms with Crippen molar-refractivity contribution in [3.05, 3.63) is 35.1 Å². The van der Waals surface area contributed by atoms with E-state index < -0.39 is 0 Å². The van der Waals surface area contributed by atoms with Crippen LogP contribution in [0.2, 0.25) is 0 Å². The van der Waals surface area contributed by atoms with Crippen LogP contribution in [0.1, 0.15) is 28.1 Å². The molecule has 0 atom stereocenters. The minimum absolute atomic E-state index is 0.000191. The average molecular weight is 272 g/mol. The summed E-state index contributed by atoms with van der Waals surface area (Å²) < 4.78 is 5.75. The van der Waals surface area contributed by atoms with Gasteiger partial charge in [-0.1, -0.05) is 0 Å². The molecule has 0 spiro atoms. The molecule has 1 aliphatic rings. The Kier molecular flexibility index (Phi) is 3.49. The average Bonchev–Trinajstić information content (AvgIpc) is 2.66. The number of nitrogens with zero attached hydrogens (tertiary/aromatic N) is 1. The van der Waals surface area contributed by atoms with Crippen LogP contribution in [0.25, 0.3) is 11.0 Å². The van der Waals surface area contributed by atoms with E-state index in [4.69, 9.17) is 4.42 Å². The Morgan fingerprint density at radius 2 is 1.95 bits per heavy atom. The van der Waals surface area contributed by atoms with E-state index in [1.54, 1.807) is 0 Å². The van der Waals surface area contributed by atoms with Gasteiger partial charge in [0.25, 0.3) is 5.91 Å². The van der Waals surface area contributed by atoms with Crippen molar-refractivity contribution in [2.45, 2.75) is 20.3 Å². The molecule has 1 amide bonds. The molecule has 2 heterocycles. The number of hydrogen-bond acceptors (Lipinski definition) is 3. The minimum atomic E-state index is 0.000191. The van der Waals surface area contributed by atoms with Gasteiger partial charge in [0.05, 0.1) is 0 Å². The smallest absolute Gasteiger partial charge is 0.289 e. The van der Waals surface area contributed by atoms with Crippen molar-refractivity contribution in [2.24, 2.45) is 0 Å². The maximum Gasteiger partial charge on any atom is 0.289 e. The van der Waals surface area contributed by atoms with Gasteiger partial charge in [-0.2, -0.15) is 0 Å². The molecule has 1 aromatic carbocycles. The molecule has 0 aliphatic carbocycles. The van der Waals surface area contributed by atoms with Crippen molar-refractivity contribution in [1.82, 2.24) is 10.2 Å². The molecule has 4 heteroatoms. The van der Waals surface area contributed by atoms with E-state index in [1.807, 2.05) is 17.0 Å².